The summed E-state index contributed by atoms with van der Waals surface area (Å²) in [6.45, 7) is 4.95. The molecule has 1 saturated heterocycles. The number of rotatable bonds is 4. The van der Waals surface area contributed by atoms with Crippen LogP contribution in [0, 0.1) is 17.8 Å². The van der Waals surface area contributed by atoms with E-state index in [1.54, 1.807) is 0 Å². The van der Waals surface area contributed by atoms with Crippen LogP contribution in [0.1, 0.15) is 39.0 Å². The van der Waals surface area contributed by atoms with Crippen molar-refractivity contribution < 1.29 is 4.79 Å². The third kappa shape index (κ3) is 2.86. The summed E-state index contributed by atoms with van der Waals surface area (Å²) in [6.07, 6.45) is 11.1. The van der Waals surface area contributed by atoms with Crippen LogP contribution in [-0.4, -0.2) is 36.5 Å². The first-order chi connectivity index (χ1) is 9.24. The summed E-state index contributed by atoms with van der Waals surface area (Å²) in [5.74, 6) is 2.66. The highest BCUT2D eigenvalue weighted by molar-refractivity contribution is 5.81. The molecule has 0 radical (unpaired) electrons. The van der Waals surface area contributed by atoms with Gasteiger partial charge in [-0.05, 0) is 63.3 Å². The minimum atomic E-state index is -0.0128. The van der Waals surface area contributed by atoms with Crippen molar-refractivity contribution in [3.8, 4) is 0 Å². The second-order valence-electron chi connectivity index (χ2n) is 6.56. The second-order valence-corrected chi connectivity index (χ2v) is 6.56. The molecule has 2 fully saturated rings. The molecule has 2 aliphatic carbocycles. The summed E-state index contributed by atoms with van der Waals surface area (Å²) in [5.41, 5.74) is 0. The molecule has 3 rings (SSSR count). The van der Waals surface area contributed by atoms with Crippen LogP contribution in [-0.2, 0) is 4.79 Å². The van der Waals surface area contributed by atoms with Gasteiger partial charge in [0.2, 0.25) is 5.91 Å². The Morgan fingerprint density at radius 1 is 1.26 bits per heavy atom. The van der Waals surface area contributed by atoms with Crippen molar-refractivity contribution >= 4 is 5.91 Å². The van der Waals surface area contributed by atoms with Gasteiger partial charge in [0.25, 0.3) is 0 Å². The molecule has 4 unspecified atom stereocenters. The lowest BCUT2D eigenvalue weighted by Gasteiger charge is -2.30. The molecule has 0 aromatic rings. The summed E-state index contributed by atoms with van der Waals surface area (Å²) < 4.78 is 0. The first-order valence-corrected chi connectivity index (χ1v) is 7.94. The Balaban J connectivity index is 1.44. The van der Waals surface area contributed by atoms with Crippen LogP contribution >= 0.6 is 0 Å². The number of nitrogens with one attached hydrogen (secondary N) is 1. The van der Waals surface area contributed by atoms with E-state index in [9.17, 15) is 4.79 Å². The molecule has 1 aliphatic heterocycles. The maximum atomic E-state index is 12.3. The van der Waals surface area contributed by atoms with Gasteiger partial charge in [-0.2, -0.15) is 0 Å². The number of carbonyl (C=O) groups is 1. The van der Waals surface area contributed by atoms with Gasteiger partial charge < -0.3 is 10.2 Å². The lowest BCUT2D eigenvalue weighted by atomic mass is 9.93. The molecule has 0 aromatic heterocycles. The molecule has 106 valence electrons. The lowest BCUT2D eigenvalue weighted by molar-refractivity contribution is -0.134. The van der Waals surface area contributed by atoms with E-state index in [0.29, 0.717) is 5.91 Å². The van der Waals surface area contributed by atoms with E-state index in [4.69, 9.17) is 0 Å². The van der Waals surface area contributed by atoms with Gasteiger partial charge in [0.15, 0.2) is 0 Å². The number of hydrogen-bond acceptors (Lipinski definition) is 2. The quantitative estimate of drug-likeness (QED) is 0.788. The Morgan fingerprint density at radius 3 is 2.68 bits per heavy atom. The van der Waals surface area contributed by atoms with E-state index in [0.717, 1.165) is 37.4 Å². The van der Waals surface area contributed by atoms with Crippen molar-refractivity contribution in [1.82, 2.24) is 10.2 Å². The predicted octanol–water partition coefficient (Wildman–Crippen LogP) is 2.19. The number of carbonyl (C=O) groups excluding carboxylic acids is 1. The molecular weight excluding hydrogens is 236 g/mol. The van der Waals surface area contributed by atoms with Crippen LogP contribution in [0.4, 0.5) is 0 Å². The molecule has 3 heteroatoms. The van der Waals surface area contributed by atoms with Gasteiger partial charge in [0.05, 0.1) is 6.04 Å². The first kappa shape index (κ1) is 13.2. The number of nitrogens with zero attached hydrogens (tertiary/aromatic N) is 1. The van der Waals surface area contributed by atoms with Crippen LogP contribution in [0.3, 0.4) is 0 Å². The van der Waals surface area contributed by atoms with Crippen LogP contribution in [0.15, 0.2) is 12.2 Å². The maximum absolute atomic E-state index is 12.3. The SMILES string of the molecule is CC(NCC1CC2C=CC1C2)C(=O)N1CCCCC1. The summed E-state index contributed by atoms with van der Waals surface area (Å²) in [6, 6.07) is -0.0128. The van der Waals surface area contributed by atoms with Gasteiger partial charge >= 0.3 is 0 Å². The molecule has 0 spiro atoms. The molecular formula is C16H26N2O. The van der Waals surface area contributed by atoms with Crippen molar-refractivity contribution in [2.75, 3.05) is 19.6 Å². The fourth-order valence-corrected chi connectivity index (χ4v) is 3.93. The summed E-state index contributed by atoms with van der Waals surface area (Å²) in [4.78, 5) is 14.4. The van der Waals surface area contributed by atoms with Crippen LogP contribution < -0.4 is 5.32 Å². The Morgan fingerprint density at radius 2 is 2.05 bits per heavy atom. The zero-order valence-electron chi connectivity index (χ0n) is 12.0. The van der Waals surface area contributed by atoms with E-state index < -0.39 is 0 Å². The van der Waals surface area contributed by atoms with Crippen molar-refractivity contribution in [2.24, 2.45) is 17.8 Å². The molecule has 1 N–H and O–H groups in total. The van der Waals surface area contributed by atoms with E-state index >= 15 is 0 Å². The van der Waals surface area contributed by atoms with Gasteiger partial charge in [0, 0.05) is 13.1 Å². The van der Waals surface area contributed by atoms with E-state index in [-0.39, 0.29) is 6.04 Å². The van der Waals surface area contributed by atoms with Gasteiger partial charge in [-0.3, -0.25) is 4.79 Å². The second kappa shape index (κ2) is 5.66. The van der Waals surface area contributed by atoms with Crippen LogP contribution in [0.2, 0.25) is 0 Å². The largest absolute Gasteiger partial charge is 0.341 e. The third-order valence-electron chi connectivity index (χ3n) is 5.14. The fourth-order valence-electron chi connectivity index (χ4n) is 3.93. The van der Waals surface area contributed by atoms with Crippen molar-refractivity contribution in [2.45, 2.75) is 45.1 Å². The standard InChI is InChI=1S/C16H26N2O/c1-12(16(19)18-7-3-2-4-8-18)17-11-15-10-13-5-6-14(15)9-13/h5-6,12-15,17H,2-4,7-11H2,1H3. The molecule has 3 aliphatic rings. The average molecular weight is 262 g/mol. The molecule has 4 atom stereocenters. The van der Waals surface area contributed by atoms with Gasteiger partial charge in [-0.1, -0.05) is 12.2 Å². The monoisotopic (exact) mass is 262 g/mol. The Kier molecular flexibility index (Phi) is 3.92. The van der Waals surface area contributed by atoms with Gasteiger partial charge in [-0.15, -0.1) is 0 Å². The molecule has 19 heavy (non-hydrogen) atoms. The topological polar surface area (TPSA) is 32.3 Å². The number of allylic oxidation sites excluding steroid dienone is 2. The lowest BCUT2D eigenvalue weighted by Crippen LogP contribution is -2.48. The minimum absolute atomic E-state index is 0.0128. The fraction of sp³-hybridized carbons (Fsp3) is 0.812. The zero-order chi connectivity index (χ0) is 13.2. The zero-order valence-corrected chi connectivity index (χ0v) is 12.0. The molecule has 1 heterocycles. The van der Waals surface area contributed by atoms with E-state index in [2.05, 4.69) is 17.5 Å². The number of amides is 1. The molecule has 1 saturated carbocycles. The first-order valence-electron chi connectivity index (χ1n) is 7.94. The number of hydrogen-bond donors (Lipinski definition) is 1. The number of fused-ring (bicyclic) bond motifs is 2. The van der Waals surface area contributed by atoms with Gasteiger partial charge in [-0.25, -0.2) is 0 Å². The van der Waals surface area contributed by atoms with E-state index in [1.165, 1.54) is 32.1 Å². The molecule has 2 bridgehead atoms. The van der Waals surface area contributed by atoms with Crippen molar-refractivity contribution in [3.05, 3.63) is 12.2 Å². The normalized spacial score (nSPS) is 34.8. The van der Waals surface area contributed by atoms with Crippen molar-refractivity contribution in [1.29, 1.82) is 0 Å². The van der Waals surface area contributed by atoms with E-state index in [1.807, 2.05) is 11.8 Å². The summed E-state index contributed by atoms with van der Waals surface area (Å²) in [5, 5.41) is 3.48. The highest BCUT2D eigenvalue weighted by atomic mass is 16.2. The predicted molar refractivity (Wildman–Crippen MR) is 76.7 cm³/mol. The number of likely N-dealkylation sites (tertiary alicyclic amines) is 1. The minimum Gasteiger partial charge on any atom is -0.341 e. The van der Waals surface area contributed by atoms with Gasteiger partial charge in [0.1, 0.15) is 0 Å². The Labute approximate surface area is 116 Å². The third-order valence-corrected chi connectivity index (χ3v) is 5.14. The highest BCUT2D eigenvalue weighted by Crippen LogP contribution is 2.42. The molecule has 3 nitrogen and oxygen atoms in total. The summed E-state index contributed by atoms with van der Waals surface area (Å²) in [7, 11) is 0. The Bertz CT molecular complexity index is 360. The highest BCUT2D eigenvalue weighted by Gasteiger charge is 2.35. The van der Waals surface area contributed by atoms with Crippen LogP contribution in [0.5, 0.6) is 0 Å². The number of piperidine rings is 1. The molecule has 1 amide bonds. The average Bonchev–Trinajstić information content (AvgIpc) is 3.07. The smallest absolute Gasteiger partial charge is 0.239 e. The molecule has 0 aromatic carbocycles. The van der Waals surface area contributed by atoms with Crippen LogP contribution in [0.25, 0.3) is 0 Å². The van der Waals surface area contributed by atoms with Crippen molar-refractivity contribution in [3.63, 3.8) is 0 Å². The summed E-state index contributed by atoms with van der Waals surface area (Å²) >= 11 is 0. The maximum Gasteiger partial charge on any atom is 0.239 e. The Hall–Kier alpha value is -0.830.